The van der Waals surface area contributed by atoms with Crippen molar-refractivity contribution in [3.05, 3.63) is 0 Å². The zero-order valence-corrected chi connectivity index (χ0v) is 9.09. The topological polar surface area (TPSA) is 32.3 Å². The van der Waals surface area contributed by atoms with Gasteiger partial charge in [-0.1, -0.05) is 32.6 Å². The number of hydrogen-bond donors (Lipinski definition) is 1. The van der Waals surface area contributed by atoms with Crippen LogP contribution in [0, 0.1) is 0 Å². The van der Waals surface area contributed by atoms with Gasteiger partial charge in [-0.15, -0.1) is 0 Å². The summed E-state index contributed by atoms with van der Waals surface area (Å²) < 4.78 is 0. The van der Waals surface area contributed by atoms with Gasteiger partial charge in [0.05, 0.1) is 0 Å². The monoisotopic (exact) mass is 197 g/mol. The van der Waals surface area contributed by atoms with Gasteiger partial charge in [0.1, 0.15) is 0 Å². The highest BCUT2D eigenvalue weighted by molar-refractivity contribution is 5.49. The van der Waals surface area contributed by atoms with Crippen LogP contribution in [0.3, 0.4) is 0 Å². The number of hydrogen-bond acceptors (Lipinski definition) is 2. The fourth-order valence-electron chi connectivity index (χ4n) is 1.95. The molecule has 3 nitrogen and oxygen atoms in total. The molecule has 0 aromatic rings. The van der Waals surface area contributed by atoms with E-state index in [1.807, 2.05) is 11.3 Å². The van der Waals surface area contributed by atoms with Crippen molar-refractivity contribution in [3.8, 4) is 0 Å². The molecule has 0 bridgehead atoms. The molecule has 1 radical (unpaired) electrons. The van der Waals surface area contributed by atoms with E-state index in [2.05, 4.69) is 12.2 Å². The van der Waals surface area contributed by atoms with Crippen LogP contribution in [0.15, 0.2) is 0 Å². The average Bonchev–Trinajstić information content (AvgIpc) is 2.25. The number of unbranched alkanes of at least 4 members (excludes halogenated alkanes) is 3. The molecule has 1 saturated heterocycles. The van der Waals surface area contributed by atoms with Crippen LogP contribution in [-0.4, -0.2) is 37.0 Å². The summed E-state index contributed by atoms with van der Waals surface area (Å²) in [4.78, 5) is 12.5. The van der Waals surface area contributed by atoms with Crippen molar-refractivity contribution < 1.29 is 4.79 Å². The molecule has 0 spiro atoms. The molecule has 1 N–H and O–H groups in total. The van der Waals surface area contributed by atoms with Gasteiger partial charge in [0.15, 0.2) is 0 Å². The maximum absolute atomic E-state index is 10.6. The SMILES string of the molecule is CCCCCCC1CNCCN1[C]=O. The number of nitrogens with one attached hydrogen (secondary N) is 1. The fourth-order valence-corrected chi connectivity index (χ4v) is 1.95. The van der Waals surface area contributed by atoms with E-state index in [4.69, 9.17) is 0 Å². The summed E-state index contributed by atoms with van der Waals surface area (Å²) in [6.07, 6.45) is 8.27. The van der Waals surface area contributed by atoms with Crippen LogP contribution < -0.4 is 5.32 Å². The number of nitrogens with zero attached hydrogens (tertiary/aromatic N) is 1. The summed E-state index contributed by atoms with van der Waals surface area (Å²) in [5, 5.41) is 3.32. The quantitative estimate of drug-likeness (QED) is 0.651. The van der Waals surface area contributed by atoms with Gasteiger partial charge in [0.2, 0.25) is 0 Å². The Balaban J connectivity index is 2.16. The predicted molar refractivity (Wildman–Crippen MR) is 57.8 cm³/mol. The average molecular weight is 197 g/mol. The van der Waals surface area contributed by atoms with Crippen molar-refractivity contribution in [2.24, 2.45) is 0 Å². The molecular formula is C11H21N2O. The molecule has 1 aliphatic heterocycles. The molecule has 1 unspecified atom stereocenters. The lowest BCUT2D eigenvalue weighted by molar-refractivity contribution is 0.230. The van der Waals surface area contributed by atoms with Crippen molar-refractivity contribution in [2.75, 3.05) is 19.6 Å². The highest BCUT2D eigenvalue weighted by Crippen LogP contribution is 2.11. The van der Waals surface area contributed by atoms with Gasteiger partial charge in [-0.2, -0.15) is 0 Å². The van der Waals surface area contributed by atoms with Crippen molar-refractivity contribution in [3.63, 3.8) is 0 Å². The molecule has 0 aromatic heterocycles. The summed E-state index contributed by atoms with van der Waals surface area (Å²) in [6.45, 7) is 4.90. The largest absolute Gasteiger partial charge is 0.329 e. The molecule has 14 heavy (non-hydrogen) atoms. The molecule has 0 saturated carbocycles. The minimum absolute atomic E-state index is 0.387. The molecule has 0 aromatic carbocycles. The molecule has 1 rings (SSSR count). The van der Waals surface area contributed by atoms with Gasteiger partial charge in [-0.05, 0) is 6.42 Å². The summed E-state index contributed by atoms with van der Waals surface area (Å²) in [7, 11) is 0. The Kier molecular flexibility index (Phi) is 5.60. The fraction of sp³-hybridized carbons (Fsp3) is 0.909. The third kappa shape index (κ3) is 3.66. The number of carbonyl (C=O) groups excluding carboxylic acids is 1. The molecular weight excluding hydrogens is 176 g/mol. The second kappa shape index (κ2) is 6.82. The molecule has 1 fully saturated rings. The van der Waals surface area contributed by atoms with E-state index in [0.29, 0.717) is 6.04 Å². The highest BCUT2D eigenvalue weighted by atomic mass is 16.1. The van der Waals surface area contributed by atoms with Gasteiger partial charge in [0.25, 0.3) is 0 Å². The van der Waals surface area contributed by atoms with Crippen LogP contribution in [-0.2, 0) is 4.79 Å². The van der Waals surface area contributed by atoms with Gasteiger partial charge in [-0.25, -0.2) is 0 Å². The number of piperazine rings is 1. The van der Waals surface area contributed by atoms with Crippen molar-refractivity contribution in [1.29, 1.82) is 0 Å². The van der Waals surface area contributed by atoms with Crippen LogP contribution in [0.1, 0.15) is 39.0 Å². The lowest BCUT2D eigenvalue weighted by Crippen LogP contribution is -2.50. The van der Waals surface area contributed by atoms with E-state index < -0.39 is 0 Å². The summed E-state index contributed by atoms with van der Waals surface area (Å²) in [5.74, 6) is 0. The zero-order chi connectivity index (χ0) is 10.2. The summed E-state index contributed by atoms with van der Waals surface area (Å²) >= 11 is 0. The normalized spacial score (nSPS) is 22.4. The minimum Gasteiger partial charge on any atom is -0.329 e. The van der Waals surface area contributed by atoms with E-state index in [9.17, 15) is 4.79 Å². The first kappa shape index (κ1) is 11.5. The van der Waals surface area contributed by atoms with Crippen LogP contribution in [0.4, 0.5) is 0 Å². The molecule has 1 heterocycles. The molecule has 3 heteroatoms. The van der Waals surface area contributed by atoms with Gasteiger partial charge < -0.3 is 10.2 Å². The second-order valence-electron chi connectivity index (χ2n) is 3.99. The van der Waals surface area contributed by atoms with Gasteiger partial charge >= 0.3 is 6.41 Å². The van der Waals surface area contributed by atoms with E-state index in [0.717, 1.165) is 26.1 Å². The zero-order valence-electron chi connectivity index (χ0n) is 9.09. The Morgan fingerprint density at radius 3 is 3.00 bits per heavy atom. The molecule has 0 aliphatic carbocycles. The lowest BCUT2D eigenvalue weighted by Gasteiger charge is -2.32. The smallest absolute Gasteiger partial charge is 0.312 e. The Hall–Kier alpha value is -0.570. The Labute approximate surface area is 86.9 Å². The third-order valence-electron chi connectivity index (χ3n) is 2.86. The van der Waals surface area contributed by atoms with Crippen LogP contribution in [0.2, 0.25) is 0 Å². The van der Waals surface area contributed by atoms with Crippen molar-refractivity contribution in [2.45, 2.75) is 45.1 Å². The third-order valence-corrected chi connectivity index (χ3v) is 2.86. The van der Waals surface area contributed by atoms with Crippen LogP contribution >= 0.6 is 0 Å². The second-order valence-corrected chi connectivity index (χ2v) is 3.99. The Morgan fingerprint density at radius 1 is 1.43 bits per heavy atom. The van der Waals surface area contributed by atoms with E-state index >= 15 is 0 Å². The van der Waals surface area contributed by atoms with E-state index in [-0.39, 0.29) is 0 Å². The first-order valence-electron chi connectivity index (χ1n) is 5.73. The number of amides is 1. The van der Waals surface area contributed by atoms with Gasteiger partial charge in [0, 0.05) is 25.7 Å². The maximum Gasteiger partial charge on any atom is 0.312 e. The van der Waals surface area contributed by atoms with Gasteiger partial charge in [-0.3, -0.25) is 4.79 Å². The lowest BCUT2D eigenvalue weighted by atomic mass is 10.0. The molecule has 1 aliphatic rings. The standard InChI is InChI=1S/C11H21N2O/c1-2-3-4-5-6-11-9-12-7-8-13(11)10-14/h11-12H,2-9H2,1H3. The number of rotatable bonds is 6. The highest BCUT2D eigenvalue weighted by Gasteiger charge is 2.20. The Morgan fingerprint density at radius 2 is 2.29 bits per heavy atom. The van der Waals surface area contributed by atoms with Crippen LogP contribution in [0.25, 0.3) is 0 Å². The van der Waals surface area contributed by atoms with E-state index in [1.54, 1.807) is 0 Å². The predicted octanol–water partition coefficient (Wildman–Crippen LogP) is 1.30. The first-order valence-corrected chi connectivity index (χ1v) is 5.73. The maximum atomic E-state index is 10.6. The Bertz CT molecular complexity index is 161. The van der Waals surface area contributed by atoms with Crippen molar-refractivity contribution in [1.82, 2.24) is 10.2 Å². The first-order chi connectivity index (χ1) is 6.88. The minimum atomic E-state index is 0.387. The van der Waals surface area contributed by atoms with E-state index in [1.165, 1.54) is 25.7 Å². The molecule has 81 valence electrons. The summed E-state index contributed by atoms with van der Waals surface area (Å²) in [5.41, 5.74) is 0. The summed E-state index contributed by atoms with van der Waals surface area (Å²) in [6, 6.07) is 0.387. The molecule has 1 amide bonds. The molecule has 1 atom stereocenters. The van der Waals surface area contributed by atoms with Crippen molar-refractivity contribution >= 4 is 6.41 Å². The van der Waals surface area contributed by atoms with Crippen LogP contribution in [0.5, 0.6) is 0 Å².